The van der Waals surface area contributed by atoms with Crippen LogP contribution in [0.25, 0.3) is 22.1 Å². The number of carbonyl (C=O) groups excluding carboxylic acids is 1. The molecule has 2 aromatic carbocycles. The number of amides is 1. The van der Waals surface area contributed by atoms with Gasteiger partial charge in [0.15, 0.2) is 5.65 Å². The molecule has 0 aliphatic heterocycles. The Balaban J connectivity index is 1.45. The number of fused-ring (bicyclic) bond motifs is 2. The molecule has 0 saturated heterocycles. The molecule has 0 bridgehead atoms. The number of aliphatic hydroxyl groups excluding tert-OH is 1. The van der Waals surface area contributed by atoms with Crippen LogP contribution in [-0.2, 0) is 6.54 Å². The Labute approximate surface area is 240 Å². The van der Waals surface area contributed by atoms with Crippen molar-refractivity contribution >= 4 is 22.3 Å². The van der Waals surface area contributed by atoms with Crippen molar-refractivity contribution in [3.63, 3.8) is 0 Å². The summed E-state index contributed by atoms with van der Waals surface area (Å²) in [5.41, 5.74) is 3.70. The van der Waals surface area contributed by atoms with E-state index in [0.717, 1.165) is 0 Å². The van der Waals surface area contributed by atoms with E-state index in [1.54, 1.807) is 51.5 Å². The first kappa shape index (κ1) is 26.7. The lowest BCUT2D eigenvalue weighted by Crippen LogP contribution is -2.32. The fourth-order valence-corrected chi connectivity index (χ4v) is 5.05. The topological polar surface area (TPSA) is 119 Å². The molecular formula is C32H27N7O3. The highest BCUT2D eigenvalue weighted by Crippen LogP contribution is 2.24. The van der Waals surface area contributed by atoms with Crippen LogP contribution in [0.4, 0.5) is 0 Å². The van der Waals surface area contributed by atoms with Crippen LogP contribution >= 0.6 is 0 Å². The highest BCUT2D eigenvalue weighted by Gasteiger charge is 2.23. The molecule has 208 valence electrons. The first-order chi connectivity index (χ1) is 20.4. The maximum absolute atomic E-state index is 14.2. The standard InChI is InChI=1S/C32H27N7O3/c1-21(35-31(41)28-22(2)36-38-15-7-14-33-30(28)38)27-18-25-9-6-8-24(13-12-23-19-34-37(20-23)16-17-40)29(25)32(42)39(27)26-10-4-3-5-11-26/h3-11,14-15,18-21,40H,16-17H2,1-2H3,(H,35,41). The minimum absolute atomic E-state index is 0.0200. The zero-order valence-electron chi connectivity index (χ0n) is 23.0. The third-order valence-corrected chi connectivity index (χ3v) is 6.98. The van der Waals surface area contributed by atoms with Crippen molar-refractivity contribution in [3.8, 4) is 17.5 Å². The van der Waals surface area contributed by atoms with E-state index in [1.165, 1.54) is 0 Å². The van der Waals surface area contributed by atoms with E-state index in [2.05, 4.69) is 32.3 Å². The van der Waals surface area contributed by atoms with Gasteiger partial charge in [-0.05, 0) is 49.6 Å². The second kappa shape index (κ2) is 11.2. The summed E-state index contributed by atoms with van der Waals surface area (Å²) in [6.45, 7) is 3.97. The number of rotatable bonds is 6. The SMILES string of the molecule is Cc1nn2cccnc2c1C(=O)NC(C)c1cc2cccc(C#Cc3cnn(CCO)c3)c2c(=O)n1-c1ccccc1. The fourth-order valence-electron chi connectivity index (χ4n) is 5.05. The number of nitrogens with one attached hydrogen (secondary N) is 1. The summed E-state index contributed by atoms with van der Waals surface area (Å²) in [5.74, 6) is 5.89. The van der Waals surface area contributed by atoms with Gasteiger partial charge in [-0.25, -0.2) is 9.50 Å². The number of carbonyl (C=O) groups is 1. The number of aryl methyl sites for hydroxylation is 1. The molecule has 6 aromatic rings. The van der Waals surface area contributed by atoms with E-state index in [-0.39, 0.29) is 18.1 Å². The van der Waals surface area contributed by atoms with Crippen LogP contribution in [-0.4, -0.2) is 46.6 Å². The summed E-state index contributed by atoms with van der Waals surface area (Å²) in [4.78, 5) is 32.1. The van der Waals surface area contributed by atoms with Crippen molar-refractivity contribution in [2.24, 2.45) is 0 Å². The maximum atomic E-state index is 14.2. The molecule has 6 rings (SSSR count). The van der Waals surface area contributed by atoms with Crippen LogP contribution in [0.5, 0.6) is 0 Å². The predicted molar refractivity (Wildman–Crippen MR) is 158 cm³/mol. The second-order valence-electron chi connectivity index (χ2n) is 9.82. The molecule has 0 aliphatic rings. The van der Waals surface area contributed by atoms with E-state index in [4.69, 9.17) is 5.11 Å². The van der Waals surface area contributed by atoms with Gasteiger partial charge in [0, 0.05) is 35.5 Å². The van der Waals surface area contributed by atoms with Gasteiger partial charge in [0.25, 0.3) is 11.5 Å². The first-order valence-electron chi connectivity index (χ1n) is 13.4. The van der Waals surface area contributed by atoms with Crippen molar-refractivity contribution in [3.05, 3.63) is 124 Å². The molecule has 1 atom stereocenters. The van der Waals surface area contributed by atoms with Crippen LogP contribution in [0.3, 0.4) is 0 Å². The molecule has 0 spiro atoms. The highest BCUT2D eigenvalue weighted by molar-refractivity contribution is 6.01. The van der Waals surface area contributed by atoms with Gasteiger partial charge >= 0.3 is 0 Å². The maximum Gasteiger partial charge on any atom is 0.264 e. The third-order valence-electron chi connectivity index (χ3n) is 6.98. The number of nitrogens with zero attached hydrogens (tertiary/aromatic N) is 6. The minimum Gasteiger partial charge on any atom is -0.394 e. The average molecular weight is 558 g/mol. The molecule has 0 aliphatic carbocycles. The predicted octanol–water partition coefficient (Wildman–Crippen LogP) is 3.42. The summed E-state index contributed by atoms with van der Waals surface area (Å²) >= 11 is 0. The zero-order chi connectivity index (χ0) is 29.2. The summed E-state index contributed by atoms with van der Waals surface area (Å²) in [7, 11) is 0. The van der Waals surface area contributed by atoms with Crippen LogP contribution in [0.2, 0.25) is 0 Å². The van der Waals surface area contributed by atoms with Gasteiger partial charge in [-0.2, -0.15) is 10.2 Å². The smallest absolute Gasteiger partial charge is 0.264 e. The summed E-state index contributed by atoms with van der Waals surface area (Å²) in [5, 5.41) is 22.0. The molecule has 1 amide bonds. The lowest BCUT2D eigenvalue weighted by Gasteiger charge is -2.21. The van der Waals surface area contributed by atoms with E-state index in [1.807, 2.05) is 61.5 Å². The van der Waals surface area contributed by atoms with Crippen LogP contribution in [0.15, 0.2) is 90.2 Å². The first-order valence-corrected chi connectivity index (χ1v) is 13.4. The molecule has 0 fully saturated rings. The van der Waals surface area contributed by atoms with E-state index < -0.39 is 6.04 Å². The van der Waals surface area contributed by atoms with Gasteiger partial charge in [-0.1, -0.05) is 42.2 Å². The number of pyridine rings is 1. The number of hydrogen-bond donors (Lipinski definition) is 2. The number of aromatic nitrogens is 6. The monoisotopic (exact) mass is 557 g/mol. The van der Waals surface area contributed by atoms with Crippen LogP contribution in [0, 0.1) is 18.8 Å². The largest absolute Gasteiger partial charge is 0.394 e. The Hall–Kier alpha value is -5.53. The molecular weight excluding hydrogens is 530 g/mol. The molecule has 1 unspecified atom stereocenters. The molecule has 42 heavy (non-hydrogen) atoms. The Kier molecular flexibility index (Phi) is 7.09. The highest BCUT2D eigenvalue weighted by atomic mass is 16.3. The van der Waals surface area contributed by atoms with Crippen LogP contribution < -0.4 is 10.9 Å². The Bertz CT molecular complexity index is 2060. The number of hydrogen-bond acceptors (Lipinski definition) is 6. The quantitative estimate of drug-likeness (QED) is 0.303. The zero-order valence-corrected chi connectivity index (χ0v) is 23.0. The van der Waals surface area contributed by atoms with Crippen molar-refractivity contribution in [1.29, 1.82) is 0 Å². The molecule has 0 radical (unpaired) electrons. The average Bonchev–Trinajstić information content (AvgIpc) is 3.59. The van der Waals surface area contributed by atoms with Gasteiger partial charge in [0.2, 0.25) is 0 Å². The minimum atomic E-state index is -0.542. The van der Waals surface area contributed by atoms with Gasteiger partial charge in [0.05, 0.1) is 42.0 Å². The third kappa shape index (κ3) is 4.93. The molecule has 10 heteroatoms. The number of benzene rings is 2. The lowest BCUT2D eigenvalue weighted by atomic mass is 10.0. The van der Waals surface area contributed by atoms with E-state index >= 15 is 0 Å². The van der Waals surface area contributed by atoms with Crippen molar-refractivity contribution in [1.82, 2.24) is 34.3 Å². The van der Waals surface area contributed by atoms with Gasteiger partial charge < -0.3 is 10.4 Å². The molecule has 10 nitrogen and oxygen atoms in total. The second-order valence-corrected chi connectivity index (χ2v) is 9.82. The summed E-state index contributed by atoms with van der Waals surface area (Å²) in [6.07, 6.45) is 6.74. The normalized spacial score (nSPS) is 11.8. The lowest BCUT2D eigenvalue weighted by molar-refractivity contribution is 0.0939. The molecule has 4 heterocycles. The summed E-state index contributed by atoms with van der Waals surface area (Å²) < 4.78 is 4.81. The molecule has 2 N–H and O–H groups in total. The Morgan fingerprint density at radius 3 is 2.74 bits per heavy atom. The molecule has 0 saturated carbocycles. The van der Waals surface area contributed by atoms with Gasteiger partial charge in [-0.3, -0.25) is 18.8 Å². The van der Waals surface area contributed by atoms with Crippen molar-refractivity contribution in [2.45, 2.75) is 26.4 Å². The number of aliphatic hydroxyl groups is 1. The molecule has 4 aromatic heterocycles. The number of para-hydroxylation sites is 1. The van der Waals surface area contributed by atoms with Gasteiger partial charge in [0.1, 0.15) is 5.56 Å². The Morgan fingerprint density at radius 2 is 1.93 bits per heavy atom. The van der Waals surface area contributed by atoms with Crippen molar-refractivity contribution in [2.75, 3.05) is 6.61 Å². The summed E-state index contributed by atoms with van der Waals surface area (Å²) in [6, 6.07) is 18.0. The van der Waals surface area contributed by atoms with Crippen molar-refractivity contribution < 1.29 is 9.90 Å². The Morgan fingerprint density at radius 1 is 1.10 bits per heavy atom. The fraction of sp³-hybridized carbons (Fsp3) is 0.156. The van der Waals surface area contributed by atoms with Crippen LogP contribution in [0.1, 0.15) is 45.8 Å². The van der Waals surface area contributed by atoms with E-state index in [0.29, 0.717) is 56.7 Å². The van der Waals surface area contributed by atoms with E-state index in [9.17, 15) is 9.59 Å². The van der Waals surface area contributed by atoms with Gasteiger partial charge in [-0.15, -0.1) is 0 Å².